The predicted octanol–water partition coefficient (Wildman–Crippen LogP) is 4.34. The van der Waals surface area contributed by atoms with Crippen LogP contribution in [0.1, 0.15) is 15.9 Å². The van der Waals surface area contributed by atoms with Crippen LogP contribution in [-0.4, -0.2) is 34.7 Å². The molecule has 2 aromatic heterocycles. The zero-order valence-corrected chi connectivity index (χ0v) is 17.4. The largest absolute Gasteiger partial charge is 0.481 e. The Labute approximate surface area is 184 Å². The SMILES string of the molecule is COc1ccc(Nc2ccc(-c3[nH]ncc3C(=O)NCCc3ccccc3F)cc2)cn1. The first-order valence-corrected chi connectivity index (χ1v) is 10.1. The zero-order chi connectivity index (χ0) is 22.3. The molecule has 0 unspecified atom stereocenters. The van der Waals surface area contributed by atoms with Crippen molar-refractivity contribution in [2.45, 2.75) is 6.42 Å². The molecular formula is C24H22FN5O2. The molecule has 0 aliphatic rings. The van der Waals surface area contributed by atoms with Crippen molar-refractivity contribution in [3.8, 4) is 17.1 Å². The summed E-state index contributed by atoms with van der Waals surface area (Å²) in [7, 11) is 1.57. The van der Waals surface area contributed by atoms with Gasteiger partial charge in [-0.15, -0.1) is 0 Å². The van der Waals surface area contributed by atoms with E-state index in [1.54, 1.807) is 37.6 Å². The van der Waals surface area contributed by atoms with E-state index in [1.165, 1.54) is 12.3 Å². The predicted molar refractivity (Wildman–Crippen MR) is 121 cm³/mol. The molecule has 0 fully saturated rings. The Morgan fingerprint density at radius 2 is 1.81 bits per heavy atom. The number of ether oxygens (including phenoxy) is 1. The van der Waals surface area contributed by atoms with Gasteiger partial charge in [0.2, 0.25) is 5.88 Å². The van der Waals surface area contributed by atoms with Crippen molar-refractivity contribution in [1.29, 1.82) is 0 Å². The van der Waals surface area contributed by atoms with Gasteiger partial charge in [0.05, 0.1) is 36.4 Å². The molecule has 0 bridgehead atoms. The molecule has 4 rings (SSSR count). The number of benzene rings is 2. The van der Waals surface area contributed by atoms with Crippen molar-refractivity contribution in [3.63, 3.8) is 0 Å². The molecule has 0 aliphatic heterocycles. The maximum absolute atomic E-state index is 13.7. The first kappa shape index (κ1) is 21.0. The molecule has 0 saturated carbocycles. The number of pyridine rings is 1. The summed E-state index contributed by atoms with van der Waals surface area (Å²) in [5, 5.41) is 13.0. The molecule has 162 valence electrons. The lowest BCUT2D eigenvalue weighted by atomic mass is 10.1. The summed E-state index contributed by atoms with van der Waals surface area (Å²) >= 11 is 0. The summed E-state index contributed by atoms with van der Waals surface area (Å²) in [6.07, 6.45) is 3.58. The van der Waals surface area contributed by atoms with E-state index in [0.717, 1.165) is 16.9 Å². The average Bonchev–Trinajstić information content (AvgIpc) is 3.31. The summed E-state index contributed by atoms with van der Waals surface area (Å²) in [4.78, 5) is 16.8. The molecule has 0 spiro atoms. The van der Waals surface area contributed by atoms with Crippen LogP contribution in [0.15, 0.2) is 73.1 Å². The van der Waals surface area contributed by atoms with Crippen molar-refractivity contribution in [2.24, 2.45) is 0 Å². The van der Waals surface area contributed by atoms with E-state index in [1.807, 2.05) is 30.3 Å². The van der Waals surface area contributed by atoms with Crippen LogP contribution in [-0.2, 0) is 6.42 Å². The minimum atomic E-state index is -0.273. The van der Waals surface area contributed by atoms with Crippen molar-refractivity contribution in [3.05, 3.63) is 90.0 Å². The van der Waals surface area contributed by atoms with Gasteiger partial charge in [0.25, 0.3) is 5.91 Å². The van der Waals surface area contributed by atoms with Crippen molar-refractivity contribution in [2.75, 3.05) is 19.0 Å². The van der Waals surface area contributed by atoms with E-state index in [4.69, 9.17) is 4.74 Å². The fraction of sp³-hybridized carbons (Fsp3) is 0.125. The number of rotatable bonds is 8. The molecule has 7 nitrogen and oxygen atoms in total. The molecule has 0 radical (unpaired) electrons. The molecule has 0 saturated heterocycles. The lowest BCUT2D eigenvalue weighted by molar-refractivity contribution is 0.0954. The number of halogens is 1. The quantitative estimate of drug-likeness (QED) is 0.386. The molecule has 1 amide bonds. The first-order chi connectivity index (χ1) is 15.6. The third kappa shape index (κ3) is 4.92. The van der Waals surface area contributed by atoms with Gasteiger partial charge in [-0.3, -0.25) is 9.89 Å². The fourth-order valence-electron chi connectivity index (χ4n) is 3.25. The number of aromatic amines is 1. The average molecular weight is 431 g/mol. The van der Waals surface area contributed by atoms with Gasteiger partial charge in [-0.2, -0.15) is 5.10 Å². The lowest BCUT2D eigenvalue weighted by Gasteiger charge is -2.09. The zero-order valence-electron chi connectivity index (χ0n) is 17.4. The monoisotopic (exact) mass is 431 g/mol. The van der Waals surface area contributed by atoms with Crippen molar-refractivity contribution in [1.82, 2.24) is 20.5 Å². The maximum atomic E-state index is 13.7. The van der Waals surface area contributed by atoms with E-state index in [-0.39, 0.29) is 11.7 Å². The highest BCUT2D eigenvalue weighted by atomic mass is 19.1. The summed E-state index contributed by atoms with van der Waals surface area (Å²) < 4.78 is 18.8. The van der Waals surface area contributed by atoms with Crippen LogP contribution in [0.25, 0.3) is 11.3 Å². The third-order valence-electron chi connectivity index (χ3n) is 4.93. The molecule has 2 heterocycles. The normalized spacial score (nSPS) is 10.6. The number of aromatic nitrogens is 3. The van der Waals surface area contributed by atoms with Crippen LogP contribution in [0.4, 0.5) is 15.8 Å². The number of H-pyrrole nitrogens is 1. The highest BCUT2D eigenvalue weighted by Gasteiger charge is 2.15. The Kier molecular flexibility index (Phi) is 6.41. The number of hydrogen-bond acceptors (Lipinski definition) is 5. The van der Waals surface area contributed by atoms with Crippen LogP contribution in [0.5, 0.6) is 5.88 Å². The molecule has 2 aromatic carbocycles. The maximum Gasteiger partial charge on any atom is 0.255 e. The van der Waals surface area contributed by atoms with Crippen LogP contribution in [0, 0.1) is 5.82 Å². The van der Waals surface area contributed by atoms with Gasteiger partial charge in [0.15, 0.2) is 0 Å². The topological polar surface area (TPSA) is 91.9 Å². The van der Waals surface area contributed by atoms with Crippen molar-refractivity contribution >= 4 is 17.3 Å². The minimum Gasteiger partial charge on any atom is -0.481 e. The Morgan fingerprint density at radius 3 is 2.53 bits per heavy atom. The summed E-state index contributed by atoms with van der Waals surface area (Å²) in [5.74, 6) is 0.00585. The Morgan fingerprint density at radius 1 is 1.03 bits per heavy atom. The second kappa shape index (κ2) is 9.74. The molecule has 3 N–H and O–H groups in total. The Hall–Kier alpha value is -4.20. The number of anilines is 2. The number of carbonyl (C=O) groups is 1. The number of carbonyl (C=O) groups excluding carboxylic acids is 1. The Bertz CT molecular complexity index is 1190. The number of hydrogen-bond donors (Lipinski definition) is 3. The minimum absolute atomic E-state index is 0.267. The van der Waals surface area contributed by atoms with Crippen LogP contribution < -0.4 is 15.4 Å². The third-order valence-corrected chi connectivity index (χ3v) is 4.93. The van der Waals surface area contributed by atoms with Crippen LogP contribution >= 0.6 is 0 Å². The first-order valence-electron chi connectivity index (χ1n) is 10.1. The van der Waals surface area contributed by atoms with E-state index < -0.39 is 0 Å². The highest BCUT2D eigenvalue weighted by Crippen LogP contribution is 2.25. The fourth-order valence-corrected chi connectivity index (χ4v) is 3.25. The molecule has 0 atom stereocenters. The van der Waals surface area contributed by atoms with Crippen LogP contribution in [0.2, 0.25) is 0 Å². The summed E-state index contributed by atoms with van der Waals surface area (Å²) in [6, 6.07) is 17.8. The number of amides is 1. The van der Waals surface area contributed by atoms with Crippen molar-refractivity contribution < 1.29 is 13.9 Å². The molecule has 32 heavy (non-hydrogen) atoms. The van der Waals surface area contributed by atoms with Gasteiger partial charge in [-0.25, -0.2) is 9.37 Å². The highest BCUT2D eigenvalue weighted by molar-refractivity contribution is 5.99. The molecule has 0 aliphatic carbocycles. The summed E-state index contributed by atoms with van der Waals surface area (Å²) in [5.41, 5.74) is 4.13. The lowest BCUT2D eigenvalue weighted by Crippen LogP contribution is -2.26. The Balaban J connectivity index is 1.39. The van der Waals surface area contributed by atoms with E-state index in [0.29, 0.717) is 35.7 Å². The number of nitrogens with zero attached hydrogens (tertiary/aromatic N) is 2. The van der Waals surface area contributed by atoms with E-state index in [2.05, 4.69) is 25.8 Å². The number of nitrogens with one attached hydrogen (secondary N) is 3. The van der Waals surface area contributed by atoms with Crippen LogP contribution in [0.3, 0.4) is 0 Å². The second-order valence-corrected chi connectivity index (χ2v) is 7.05. The summed E-state index contributed by atoms with van der Waals surface area (Å²) in [6.45, 7) is 0.323. The van der Waals surface area contributed by atoms with Gasteiger partial charge < -0.3 is 15.4 Å². The standard InChI is InChI=1S/C24H22FN5O2/c1-32-22-11-10-19(14-27-22)29-18-8-6-17(7-9-18)23-20(15-28-30-23)24(31)26-13-12-16-4-2-3-5-21(16)25/h2-11,14-15,29H,12-13H2,1H3,(H,26,31)(H,28,30). The van der Waals surface area contributed by atoms with E-state index in [9.17, 15) is 9.18 Å². The molecule has 8 heteroatoms. The molecular weight excluding hydrogens is 409 g/mol. The number of methoxy groups -OCH3 is 1. The van der Waals surface area contributed by atoms with Gasteiger partial charge in [-0.05, 0) is 36.2 Å². The van der Waals surface area contributed by atoms with Gasteiger partial charge >= 0.3 is 0 Å². The van der Waals surface area contributed by atoms with Gasteiger partial charge in [0, 0.05) is 23.9 Å². The molecule has 4 aromatic rings. The van der Waals surface area contributed by atoms with Gasteiger partial charge in [-0.1, -0.05) is 30.3 Å². The second-order valence-electron chi connectivity index (χ2n) is 7.05. The van der Waals surface area contributed by atoms with Gasteiger partial charge in [0.1, 0.15) is 5.82 Å². The van der Waals surface area contributed by atoms with E-state index >= 15 is 0 Å². The smallest absolute Gasteiger partial charge is 0.255 e.